The van der Waals surface area contributed by atoms with E-state index in [2.05, 4.69) is 16.0 Å². The first kappa shape index (κ1) is 30.1. The average Bonchev–Trinajstić information content (AvgIpc) is 2.88. The van der Waals surface area contributed by atoms with Crippen LogP contribution >= 0.6 is 0 Å². The fourth-order valence-electron chi connectivity index (χ4n) is 4.65. The van der Waals surface area contributed by atoms with E-state index < -0.39 is 42.0 Å². The zero-order valence-electron chi connectivity index (χ0n) is 21.7. The van der Waals surface area contributed by atoms with Gasteiger partial charge < -0.3 is 31.5 Å². The van der Waals surface area contributed by atoms with Crippen LogP contribution in [0, 0.1) is 5.92 Å². The monoisotopic (exact) mass is 518 g/mol. The van der Waals surface area contributed by atoms with Crippen molar-refractivity contribution in [3.63, 3.8) is 0 Å². The van der Waals surface area contributed by atoms with Gasteiger partial charge in [-0.2, -0.15) is 0 Å². The van der Waals surface area contributed by atoms with Crippen LogP contribution in [-0.4, -0.2) is 60.3 Å². The molecule has 206 valence electrons. The van der Waals surface area contributed by atoms with Crippen molar-refractivity contribution in [1.29, 1.82) is 0 Å². The number of carboxylic acid groups (broad SMARTS) is 1. The smallest absolute Gasteiger partial charge is 0.328 e. The predicted octanol–water partition coefficient (Wildman–Crippen LogP) is 2.50. The van der Waals surface area contributed by atoms with Crippen molar-refractivity contribution in [2.75, 3.05) is 13.2 Å². The largest absolute Gasteiger partial charge is 0.480 e. The number of carbonyl (C=O) groups is 4. The zero-order chi connectivity index (χ0) is 27.0. The first-order chi connectivity index (χ1) is 17.8. The van der Waals surface area contributed by atoms with Gasteiger partial charge in [0.15, 0.2) is 0 Å². The lowest BCUT2D eigenvalue weighted by Crippen LogP contribution is -2.56. The van der Waals surface area contributed by atoms with E-state index in [0.29, 0.717) is 25.8 Å². The summed E-state index contributed by atoms with van der Waals surface area (Å²) in [6, 6.07) is 5.63. The molecule has 2 rings (SSSR count). The number of amides is 3. The standard InChI is InChI=1S/C27H42N4O6/c1-2-37-26(35)23(18-20-13-7-4-8-14-20)29-24(32)22(17-19-11-5-3-6-12-19)31-27(36)30-21(25(33)34)15-9-10-16-28/h4,7-8,13-14,19,21-23H,2-3,5-6,9-12,15-18,28H2,1H3,(H,29,32)(H,33,34)(H2,30,31,36)/t21-,22+,23-/m0/s1. The van der Waals surface area contributed by atoms with Crippen LogP contribution in [0.25, 0.3) is 0 Å². The van der Waals surface area contributed by atoms with Gasteiger partial charge in [0.25, 0.3) is 0 Å². The van der Waals surface area contributed by atoms with E-state index in [4.69, 9.17) is 10.5 Å². The molecule has 0 radical (unpaired) electrons. The predicted molar refractivity (Wildman–Crippen MR) is 140 cm³/mol. The van der Waals surface area contributed by atoms with Gasteiger partial charge in [-0.05, 0) is 50.6 Å². The highest BCUT2D eigenvalue weighted by molar-refractivity contribution is 5.91. The lowest BCUT2D eigenvalue weighted by molar-refractivity contribution is -0.147. The number of ether oxygens (including phenoxy) is 1. The van der Waals surface area contributed by atoms with Gasteiger partial charge in [-0.25, -0.2) is 14.4 Å². The third-order valence-electron chi connectivity index (χ3n) is 6.64. The summed E-state index contributed by atoms with van der Waals surface area (Å²) in [4.78, 5) is 50.4. The molecule has 1 aliphatic rings. The zero-order valence-corrected chi connectivity index (χ0v) is 21.7. The Morgan fingerprint density at radius 1 is 0.973 bits per heavy atom. The van der Waals surface area contributed by atoms with E-state index in [1.165, 1.54) is 0 Å². The van der Waals surface area contributed by atoms with Gasteiger partial charge >= 0.3 is 18.0 Å². The number of nitrogens with two attached hydrogens (primary N) is 1. The van der Waals surface area contributed by atoms with Crippen molar-refractivity contribution < 1.29 is 29.0 Å². The summed E-state index contributed by atoms with van der Waals surface area (Å²) in [5.41, 5.74) is 6.34. The van der Waals surface area contributed by atoms with Crippen molar-refractivity contribution in [3.8, 4) is 0 Å². The molecular weight excluding hydrogens is 476 g/mol. The van der Waals surface area contributed by atoms with E-state index in [9.17, 15) is 24.3 Å². The number of urea groups is 1. The Balaban J connectivity index is 2.13. The second kappa shape index (κ2) is 16.6. The molecule has 1 fully saturated rings. The van der Waals surface area contributed by atoms with E-state index in [1.54, 1.807) is 6.92 Å². The molecule has 0 spiro atoms. The summed E-state index contributed by atoms with van der Waals surface area (Å²) >= 11 is 0. The van der Waals surface area contributed by atoms with E-state index in [0.717, 1.165) is 37.7 Å². The molecule has 1 saturated carbocycles. The maximum atomic E-state index is 13.4. The SMILES string of the molecule is CCOC(=O)[C@H](Cc1ccccc1)NC(=O)[C@@H](CC1CCCCC1)NC(=O)N[C@@H](CCCCN)C(=O)O. The Kier molecular flexibility index (Phi) is 13.5. The number of aliphatic carboxylic acids is 1. The molecule has 0 aromatic heterocycles. The van der Waals surface area contributed by atoms with Crippen LogP contribution in [0.1, 0.15) is 70.3 Å². The van der Waals surface area contributed by atoms with Gasteiger partial charge in [0, 0.05) is 6.42 Å². The number of benzene rings is 1. The van der Waals surface area contributed by atoms with E-state index in [-0.39, 0.29) is 25.4 Å². The van der Waals surface area contributed by atoms with Gasteiger partial charge in [0.2, 0.25) is 5.91 Å². The number of carboxylic acids is 1. The van der Waals surface area contributed by atoms with Gasteiger partial charge in [-0.15, -0.1) is 0 Å². The van der Waals surface area contributed by atoms with Gasteiger partial charge in [-0.1, -0.05) is 62.4 Å². The second-order valence-corrected chi connectivity index (χ2v) is 9.59. The quantitative estimate of drug-likeness (QED) is 0.176. The minimum atomic E-state index is -1.15. The first-order valence-electron chi connectivity index (χ1n) is 13.3. The molecule has 3 amide bonds. The summed E-state index contributed by atoms with van der Waals surface area (Å²) in [6.07, 6.45) is 7.27. The molecule has 1 aromatic carbocycles. The highest BCUT2D eigenvalue weighted by Gasteiger charge is 2.31. The Hall–Kier alpha value is -3.14. The van der Waals surface area contributed by atoms with Crippen molar-refractivity contribution in [1.82, 2.24) is 16.0 Å². The number of hydrogen-bond acceptors (Lipinski definition) is 6. The molecule has 0 unspecified atom stereocenters. The normalized spacial score (nSPS) is 16.2. The summed E-state index contributed by atoms with van der Waals surface area (Å²) < 4.78 is 5.19. The Labute approximate surface area is 219 Å². The number of rotatable bonds is 15. The molecular formula is C27H42N4O6. The molecule has 0 saturated heterocycles. The number of carbonyl (C=O) groups excluding carboxylic acids is 3. The van der Waals surface area contributed by atoms with Crippen molar-refractivity contribution in [3.05, 3.63) is 35.9 Å². The maximum absolute atomic E-state index is 13.4. The third-order valence-corrected chi connectivity index (χ3v) is 6.64. The van der Waals surface area contributed by atoms with E-state index in [1.807, 2.05) is 30.3 Å². The topological polar surface area (TPSA) is 160 Å². The van der Waals surface area contributed by atoms with Crippen LogP contribution < -0.4 is 21.7 Å². The molecule has 3 atom stereocenters. The van der Waals surface area contributed by atoms with Crippen LogP contribution in [0.3, 0.4) is 0 Å². The van der Waals surface area contributed by atoms with E-state index >= 15 is 0 Å². The Morgan fingerprint density at radius 2 is 1.65 bits per heavy atom. The molecule has 1 aromatic rings. The molecule has 0 bridgehead atoms. The highest BCUT2D eigenvalue weighted by Crippen LogP contribution is 2.27. The van der Waals surface area contributed by atoms with Crippen LogP contribution in [0.5, 0.6) is 0 Å². The summed E-state index contributed by atoms with van der Waals surface area (Å²) in [6.45, 7) is 2.31. The lowest BCUT2D eigenvalue weighted by atomic mass is 9.84. The fraction of sp³-hybridized carbons (Fsp3) is 0.630. The molecule has 10 nitrogen and oxygen atoms in total. The highest BCUT2D eigenvalue weighted by atomic mass is 16.5. The minimum absolute atomic E-state index is 0.173. The molecule has 37 heavy (non-hydrogen) atoms. The minimum Gasteiger partial charge on any atom is -0.480 e. The summed E-state index contributed by atoms with van der Waals surface area (Å²) in [5, 5.41) is 17.4. The Bertz CT molecular complexity index is 860. The number of nitrogens with one attached hydrogen (secondary N) is 3. The summed E-state index contributed by atoms with van der Waals surface area (Å²) in [7, 11) is 0. The molecule has 0 heterocycles. The first-order valence-corrected chi connectivity index (χ1v) is 13.3. The van der Waals surface area contributed by atoms with Crippen LogP contribution in [0.15, 0.2) is 30.3 Å². The molecule has 6 N–H and O–H groups in total. The van der Waals surface area contributed by atoms with Crippen molar-refractivity contribution in [2.45, 2.75) is 89.3 Å². The summed E-state index contributed by atoms with van der Waals surface area (Å²) in [5.74, 6) is -1.94. The maximum Gasteiger partial charge on any atom is 0.328 e. The average molecular weight is 519 g/mol. The van der Waals surface area contributed by atoms with Gasteiger partial charge in [0.1, 0.15) is 18.1 Å². The van der Waals surface area contributed by atoms with Gasteiger partial charge in [0.05, 0.1) is 6.61 Å². The molecule has 0 aliphatic heterocycles. The Morgan fingerprint density at radius 3 is 2.27 bits per heavy atom. The van der Waals surface area contributed by atoms with Crippen LogP contribution in [0.2, 0.25) is 0 Å². The number of esters is 1. The fourth-order valence-corrected chi connectivity index (χ4v) is 4.65. The second-order valence-electron chi connectivity index (χ2n) is 9.59. The number of unbranched alkanes of at least 4 members (excludes halogenated alkanes) is 1. The van der Waals surface area contributed by atoms with Crippen LogP contribution in [0.4, 0.5) is 4.79 Å². The lowest BCUT2D eigenvalue weighted by Gasteiger charge is -2.28. The third kappa shape index (κ3) is 11.2. The molecule has 1 aliphatic carbocycles. The van der Waals surface area contributed by atoms with Crippen molar-refractivity contribution >= 4 is 23.9 Å². The van der Waals surface area contributed by atoms with Crippen molar-refractivity contribution in [2.24, 2.45) is 11.7 Å². The molecule has 10 heteroatoms. The number of hydrogen-bond donors (Lipinski definition) is 5. The van der Waals surface area contributed by atoms with Crippen LogP contribution in [-0.2, 0) is 25.5 Å². The van der Waals surface area contributed by atoms with Gasteiger partial charge in [-0.3, -0.25) is 4.79 Å².